The first kappa shape index (κ1) is 15.1. The molecule has 0 saturated carbocycles. The highest BCUT2D eigenvalue weighted by Gasteiger charge is 1.96. The van der Waals surface area contributed by atoms with Crippen LogP contribution < -0.4 is 0 Å². The summed E-state index contributed by atoms with van der Waals surface area (Å²) in [5, 5.41) is 0. The maximum atomic E-state index is 3.70. The van der Waals surface area contributed by atoms with Crippen molar-refractivity contribution < 1.29 is 0 Å². The molecule has 86 valence electrons. The minimum Gasteiger partial charge on any atom is -0.0990 e. The summed E-state index contributed by atoms with van der Waals surface area (Å²) in [4.78, 5) is 2.36. The molecule has 0 saturated heterocycles. The van der Waals surface area contributed by atoms with Gasteiger partial charge in [-0.25, -0.2) is 0 Å². The molecular formula is C14H18S2. The van der Waals surface area contributed by atoms with Gasteiger partial charge in [-0.15, -0.1) is 0 Å². The summed E-state index contributed by atoms with van der Waals surface area (Å²) >= 11 is 0. The van der Waals surface area contributed by atoms with Crippen LogP contribution in [0.25, 0.3) is 0 Å². The summed E-state index contributed by atoms with van der Waals surface area (Å²) in [6, 6.07) is 0. The molecule has 0 heterocycles. The maximum Gasteiger partial charge on any atom is 0.0182 e. The lowest BCUT2D eigenvalue weighted by atomic mass is 10.4. The molecule has 0 aromatic heterocycles. The second-order valence-electron chi connectivity index (χ2n) is 2.78. The SMILES string of the molecule is C=C/C=C(\C=C/C)SSC(/C=C\C)=C/C=C. The molecule has 0 atom stereocenters. The quantitative estimate of drug-likeness (QED) is 0.422. The van der Waals surface area contributed by atoms with E-state index in [4.69, 9.17) is 0 Å². The van der Waals surface area contributed by atoms with E-state index in [2.05, 4.69) is 25.3 Å². The lowest BCUT2D eigenvalue weighted by Crippen LogP contribution is -1.69. The van der Waals surface area contributed by atoms with Crippen LogP contribution in [0.2, 0.25) is 0 Å². The second kappa shape index (κ2) is 10.7. The lowest BCUT2D eigenvalue weighted by Gasteiger charge is -2.01. The standard InChI is InChI=1S/C14H18S2/c1-5-9-13(10-6-2)15-16-14(11-7-3)12-8-4/h5-12H,1,3H2,2,4H3/b10-6-,12-8-,13-9+,14-11+. The molecule has 0 nitrogen and oxygen atoms in total. The van der Waals surface area contributed by atoms with Crippen molar-refractivity contribution in [3.8, 4) is 0 Å². The van der Waals surface area contributed by atoms with E-state index in [9.17, 15) is 0 Å². The monoisotopic (exact) mass is 250 g/mol. The van der Waals surface area contributed by atoms with Crippen molar-refractivity contribution in [2.75, 3.05) is 0 Å². The molecule has 0 spiro atoms. The zero-order valence-corrected chi connectivity index (χ0v) is 11.5. The van der Waals surface area contributed by atoms with Crippen molar-refractivity contribution in [3.05, 3.63) is 71.6 Å². The van der Waals surface area contributed by atoms with Crippen molar-refractivity contribution in [2.24, 2.45) is 0 Å². The second-order valence-corrected chi connectivity index (χ2v) is 5.05. The first-order valence-electron chi connectivity index (χ1n) is 5.03. The Kier molecular flexibility index (Phi) is 10.1. The van der Waals surface area contributed by atoms with Gasteiger partial charge in [0.25, 0.3) is 0 Å². The van der Waals surface area contributed by atoms with Gasteiger partial charge < -0.3 is 0 Å². The Labute approximate surface area is 107 Å². The molecule has 0 unspecified atom stereocenters. The Morgan fingerprint density at radius 1 is 0.812 bits per heavy atom. The number of rotatable bonds is 7. The van der Waals surface area contributed by atoms with Crippen molar-refractivity contribution in [1.29, 1.82) is 0 Å². The topological polar surface area (TPSA) is 0 Å². The Hall–Kier alpha value is -0.860. The molecule has 2 heteroatoms. The number of hydrogen-bond acceptors (Lipinski definition) is 2. The van der Waals surface area contributed by atoms with Crippen LogP contribution in [0.4, 0.5) is 0 Å². The molecule has 16 heavy (non-hydrogen) atoms. The molecule has 0 amide bonds. The molecule has 0 aliphatic carbocycles. The molecule has 0 aliphatic rings. The largest absolute Gasteiger partial charge is 0.0990 e. The van der Waals surface area contributed by atoms with Gasteiger partial charge in [-0.3, -0.25) is 0 Å². The van der Waals surface area contributed by atoms with Crippen molar-refractivity contribution in [3.63, 3.8) is 0 Å². The summed E-state index contributed by atoms with van der Waals surface area (Å²) < 4.78 is 0. The van der Waals surface area contributed by atoms with Gasteiger partial charge in [0.1, 0.15) is 0 Å². The van der Waals surface area contributed by atoms with Crippen LogP contribution >= 0.6 is 21.6 Å². The van der Waals surface area contributed by atoms with Crippen LogP contribution in [-0.4, -0.2) is 0 Å². The highest BCUT2D eigenvalue weighted by molar-refractivity contribution is 8.79. The lowest BCUT2D eigenvalue weighted by molar-refractivity contribution is 1.71. The molecule has 0 rings (SSSR count). The molecule has 0 N–H and O–H groups in total. The summed E-state index contributed by atoms with van der Waals surface area (Å²) in [6.07, 6.45) is 15.8. The van der Waals surface area contributed by atoms with Crippen LogP contribution in [0.1, 0.15) is 13.8 Å². The van der Waals surface area contributed by atoms with Gasteiger partial charge in [-0.2, -0.15) is 0 Å². The van der Waals surface area contributed by atoms with Gasteiger partial charge in [0.2, 0.25) is 0 Å². The van der Waals surface area contributed by atoms with Gasteiger partial charge in [-0.05, 0) is 26.0 Å². The van der Waals surface area contributed by atoms with Crippen molar-refractivity contribution in [2.45, 2.75) is 13.8 Å². The van der Waals surface area contributed by atoms with Crippen LogP contribution in [0.5, 0.6) is 0 Å². The summed E-state index contributed by atoms with van der Waals surface area (Å²) in [6.45, 7) is 11.4. The smallest absolute Gasteiger partial charge is 0.0182 e. The van der Waals surface area contributed by atoms with Crippen LogP contribution in [-0.2, 0) is 0 Å². The summed E-state index contributed by atoms with van der Waals surface area (Å²) in [7, 11) is 3.42. The Morgan fingerprint density at radius 3 is 1.44 bits per heavy atom. The fraction of sp³-hybridized carbons (Fsp3) is 0.143. The summed E-state index contributed by atoms with van der Waals surface area (Å²) in [5.74, 6) is 0. The fourth-order valence-corrected chi connectivity index (χ4v) is 3.00. The van der Waals surface area contributed by atoms with E-state index < -0.39 is 0 Å². The molecule has 0 aromatic rings. The first-order valence-corrected chi connectivity index (χ1v) is 7.18. The normalized spacial score (nSPS) is 13.6. The zero-order chi connectivity index (χ0) is 12.2. The number of allylic oxidation sites excluding steroid dienone is 8. The summed E-state index contributed by atoms with van der Waals surface area (Å²) in [5.41, 5.74) is 0. The van der Waals surface area contributed by atoms with Crippen LogP contribution in [0, 0.1) is 0 Å². The maximum absolute atomic E-state index is 3.70. The highest BCUT2D eigenvalue weighted by atomic mass is 33.1. The first-order chi connectivity index (χ1) is 7.78. The molecule has 0 aromatic carbocycles. The van der Waals surface area contributed by atoms with E-state index >= 15 is 0 Å². The average Bonchev–Trinajstić information content (AvgIpc) is 2.27. The molecule has 0 aliphatic heterocycles. The van der Waals surface area contributed by atoms with Gasteiger partial charge >= 0.3 is 0 Å². The van der Waals surface area contributed by atoms with Gasteiger partial charge in [-0.1, -0.05) is 71.2 Å². The predicted octanol–water partition coefficient (Wildman–Crippen LogP) is 5.66. The molecule has 0 bridgehead atoms. The van der Waals surface area contributed by atoms with Crippen molar-refractivity contribution in [1.82, 2.24) is 0 Å². The van der Waals surface area contributed by atoms with Gasteiger partial charge in [0.15, 0.2) is 0 Å². The molecule has 0 radical (unpaired) electrons. The molecular weight excluding hydrogens is 232 g/mol. The third kappa shape index (κ3) is 7.43. The van der Waals surface area contributed by atoms with E-state index in [1.54, 1.807) is 33.7 Å². The third-order valence-corrected chi connectivity index (χ3v) is 3.88. The third-order valence-electron chi connectivity index (χ3n) is 1.46. The fourth-order valence-electron chi connectivity index (χ4n) is 0.879. The van der Waals surface area contributed by atoms with Gasteiger partial charge in [0, 0.05) is 9.81 Å². The van der Waals surface area contributed by atoms with Crippen LogP contribution in [0.3, 0.4) is 0 Å². The van der Waals surface area contributed by atoms with E-state index in [-0.39, 0.29) is 0 Å². The van der Waals surface area contributed by atoms with Gasteiger partial charge in [0.05, 0.1) is 0 Å². The van der Waals surface area contributed by atoms with E-state index in [0.29, 0.717) is 0 Å². The molecule has 0 fully saturated rings. The van der Waals surface area contributed by atoms with E-state index in [0.717, 1.165) is 0 Å². The number of hydrogen-bond donors (Lipinski definition) is 0. The van der Waals surface area contributed by atoms with E-state index in [1.807, 2.05) is 38.2 Å². The van der Waals surface area contributed by atoms with Crippen LogP contribution in [0.15, 0.2) is 71.6 Å². The minimum absolute atomic E-state index is 1.18. The Balaban J connectivity index is 4.49. The predicted molar refractivity (Wildman–Crippen MR) is 81.4 cm³/mol. The zero-order valence-electron chi connectivity index (χ0n) is 9.85. The minimum atomic E-state index is 1.18. The Bertz CT molecular complexity index is 297. The van der Waals surface area contributed by atoms with Crippen molar-refractivity contribution >= 4 is 21.6 Å². The van der Waals surface area contributed by atoms with E-state index in [1.165, 1.54) is 9.81 Å². The average molecular weight is 250 g/mol. The Morgan fingerprint density at radius 2 is 1.19 bits per heavy atom. The highest BCUT2D eigenvalue weighted by Crippen LogP contribution is 2.37.